The number of imide groups is 2. The van der Waals surface area contributed by atoms with Crippen molar-refractivity contribution in [1.29, 1.82) is 0 Å². The summed E-state index contributed by atoms with van der Waals surface area (Å²) in [6, 6.07) is -1.24. The number of carbonyl (C=O) groups is 10. The Balaban J connectivity index is 1.76. The molecule has 0 radical (unpaired) electrons. The molecular weight excluding hydrogens is 720 g/mol. The van der Waals surface area contributed by atoms with E-state index >= 15 is 0 Å². The molecule has 20 heteroatoms. The van der Waals surface area contributed by atoms with Crippen LogP contribution in [0.4, 0.5) is 0 Å². The Bertz CT molecular complexity index is 1460. The molecule has 2 aliphatic rings. The van der Waals surface area contributed by atoms with Crippen LogP contribution in [0.1, 0.15) is 106 Å². The molecule has 1 atom stereocenters. The van der Waals surface area contributed by atoms with E-state index in [4.69, 9.17) is 28.6 Å². The molecule has 20 nitrogen and oxygen atoms in total. The van der Waals surface area contributed by atoms with Crippen LogP contribution in [0.3, 0.4) is 0 Å². The van der Waals surface area contributed by atoms with E-state index in [1.165, 1.54) is 0 Å². The maximum atomic E-state index is 12.7. The zero-order valence-electron chi connectivity index (χ0n) is 31.4. The molecule has 0 saturated carbocycles. The van der Waals surface area contributed by atoms with Crippen molar-refractivity contribution in [2.45, 2.75) is 123 Å². The van der Waals surface area contributed by atoms with Gasteiger partial charge >= 0.3 is 23.9 Å². The third kappa shape index (κ3) is 17.1. The fourth-order valence-corrected chi connectivity index (χ4v) is 4.37. The number of nitrogens with zero attached hydrogens (tertiary/aromatic N) is 3. The van der Waals surface area contributed by atoms with Gasteiger partial charge in [0.2, 0.25) is 11.8 Å². The number of hydrogen-bond acceptors (Lipinski definition) is 16. The van der Waals surface area contributed by atoms with E-state index in [2.05, 4.69) is 10.3 Å². The van der Waals surface area contributed by atoms with Gasteiger partial charge in [0, 0.05) is 38.5 Å². The van der Waals surface area contributed by atoms with Gasteiger partial charge in [-0.1, -0.05) is 0 Å². The zero-order chi connectivity index (χ0) is 40.6. The highest BCUT2D eigenvalue weighted by Gasteiger charge is 2.35. The molecule has 0 aromatic carbocycles. The number of esters is 2. The van der Waals surface area contributed by atoms with Crippen LogP contribution in [0.5, 0.6) is 0 Å². The first-order chi connectivity index (χ1) is 25.1. The minimum Gasteiger partial charge on any atom is -0.458 e. The predicted molar refractivity (Wildman–Crippen MR) is 180 cm³/mol. The van der Waals surface area contributed by atoms with Crippen LogP contribution in [-0.2, 0) is 76.6 Å². The van der Waals surface area contributed by atoms with E-state index in [-0.39, 0.29) is 83.5 Å². The topological polar surface area (TPSA) is 257 Å². The quantitative estimate of drug-likeness (QED) is 0.0774. The number of hydroxylamine groups is 4. The van der Waals surface area contributed by atoms with Crippen molar-refractivity contribution in [2.75, 3.05) is 26.4 Å². The smallest absolute Gasteiger partial charge is 0.353 e. The van der Waals surface area contributed by atoms with Gasteiger partial charge in [0.15, 0.2) is 0 Å². The molecule has 2 aliphatic heterocycles. The van der Waals surface area contributed by atoms with E-state index in [1.807, 2.05) is 0 Å². The van der Waals surface area contributed by atoms with Crippen molar-refractivity contribution < 1.29 is 76.6 Å². The Morgan fingerprint density at radius 3 is 1.57 bits per heavy atom. The van der Waals surface area contributed by atoms with Crippen molar-refractivity contribution >= 4 is 65.0 Å². The lowest BCUT2D eigenvalue weighted by Crippen LogP contribution is -2.45. The van der Waals surface area contributed by atoms with Crippen LogP contribution in [0.15, 0.2) is 4.99 Å². The lowest BCUT2D eigenvalue weighted by molar-refractivity contribution is -0.197. The van der Waals surface area contributed by atoms with Crippen molar-refractivity contribution in [2.24, 2.45) is 4.99 Å². The largest absolute Gasteiger partial charge is 0.458 e. The van der Waals surface area contributed by atoms with Crippen LogP contribution in [0, 0.1) is 0 Å². The maximum Gasteiger partial charge on any atom is 0.353 e. The summed E-state index contributed by atoms with van der Waals surface area (Å²) < 4.78 is 21.3. The third-order valence-electron chi connectivity index (χ3n) is 6.83. The summed E-state index contributed by atoms with van der Waals surface area (Å²) >= 11 is 0. The average Bonchev–Trinajstić information content (AvgIpc) is 3.54. The first kappa shape index (κ1) is 45.0. The second-order valence-corrected chi connectivity index (χ2v) is 14.0. The van der Waals surface area contributed by atoms with E-state index in [1.54, 1.807) is 41.5 Å². The summed E-state index contributed by atoms with van der Waals surface area (Å²) in [6.45, 7) is 9.50. The van der Waals surface area contributed by atoms with Gasteiger partial charge < -0.3 is 33.9 Å². The lowest BCUT2D eigenvalue weighted by atomic mass is 10.1. The summed E-state index contributed by atoms with van der Waals surface area (Å²) in [6.07, 6.45) is -2.26. The first-order valence-electron chi connectivity index (χ1n) is 17.3. The standard InChI is InChI=1S/C34H48N4O16/c1-33(2,3)51-31(47)21(7-13-29(45)53-37-25(41)9-10-26(37)42)35-23(39)15-17-49-19-20-50-18-16-24(40)36-22(32(48)52-34(4,5)6)8-14-30(46)54-38-27(43)11-12-28(38)44/h21H,7-20H2,1-6H3,(H,35,39)/t21-/m0/s1. The Labute approximate surface area is 311 Å². The predicted octanol–water partition coefficient (Wildman–Crippen LogP) is 0.710. The highest BCUT2D eigenvalue weighted by atomic mass is 16.7. The molecular formula is C34H48N4O16. The van der Waals surface area contributed by atoms with Crippen molar-refractivity contribution in [3.8, 4) is 0 Å². The number of ether oxygens (including phenoxy) is 4. The number of amides is 6. The third-order valence-corrected chi connectivity index (χ3v) is 6.83. The van der Waals surface area contributed by atoms with Crippen LogP contribution in [-0.4, -0.2) is 119 Å². The van der Waals surface area contributed by atoms with Gasteiger partial charge in [0.1, 0.15) is 23.0 Å². The van der Waals surface area contributed by atoms with Gasteiger partial charge in [-0.15, -0.1) is 10.1 Å². The Kier molecular flexibility index (Phi) is 17.5. The van der Waals surface area contributed by atoms with Gasteiger partial charge in [-0.3, -0.25) is 28.8 Å². The molecule has 0 aromatic rings. The number of aliphatic imine (C=N–C) groups is 1. The highest BCUT2D eigenvalue weighted by molar-refractivity contribution is 6.38. The SMILES string of the molecule is CC(C)(C)OC(=O)C(CCC(=O)ON1C(=O)CCC1=O)=NC(=O)CCOCCOCCC(=O)N[C@@H](CCC(=O)ON1C(=O)CCC1=O)C(=O)OC(C)(C)C. The molecule has 0 unspecified atom stereocenters. The first-order valence-corrected chi connectivity index (χ1v) is 17.3. The normalized spacial score (nSPS) is 15.6. The van der Waals surface area contributed by atoms with Crippen molar-refractivity contribution in [1.82, 2.24) is 15.4 Å². The minimum absolute atomic E-state index is 0.0159. The summed E-state index contributed by atoms with van der Waals surface area (Å²) in [5, 5.41) is 3.24. The van der Waals surface area contributed by atoms with Crippen LogP contribution in [0.2, 0.25) is 0 Å². The van der Waals surface area contributed by atoms with Gasteiger partial charge in [0.25, 0.3) is 23.6 Å². The summed E-state index contributed by atoms with van der Waals surface area (Å²) in [5.74, 6) is -7.68. The molecule has 0 aliphatic carbocycles. The molecule has 0 spiro atoms. The Hall–Kier alpha value is -5.11. The summed E-state index contributed by atoms with van der Waals surface area (Å²) in [5.41, 5.74) is -2.20. The van der Waals surface area contributed by atoms with E-state index in [0.717, 1.165) is 0 Å². The van der Waals surface area contributed by atoms with E-state index < -0.39 is 89.4 Å². The Morgan fingerprint density at radius 1 is 0.630 bits per heavy atom. The molecule has 300 valence electrons. The maximum absolute atomic E-state index is 12.7. The van der Waals surface area contributed by atoms with Crippen LogP contribution < -0.4 is 5.32 Å². The van der Waals surface area contributed by atoms with Crippen molar-refractivity contribution in [3.05, 3.63) is 0 Å². The molecule has 1 N–H and O–H groups in total. The second-order valence-electron chi connectivity index (χ2n) is 14.0. The molecule has 0 bridgehead atoms. The zero-order valence-corrected chi connectivity index (χ0v) is 31.4. The number of rotatable bonds is 20. The molecule has 2 rings (SSSR count). The monoisotopic (exact) mass is 768 g/mol. The molecule has 54 heavy (non-hydrogen) atoms. The molecule has 6 amide bonds. The fourth-order valence-electron chi connectivity index (χ4n) is 4.37. The lowest BCUT2D eigenvalue weighted by Gasteiger charge is -2.24. The van der Waals surface area contributed by atoms with Crippen molar-refractivity contribution in [3.63, 3.8) is 0 Å². The molecule has 2 saturated heterocycles. The van der Waals surface area contributed by atoms with Crippen LogP contribution >= 0.6 is 0 Å². The van der Waals surface area contributed by atoms with Gasteiger partial charge in [-0.05, 0) is 48.0 Å². The Morgan fingerprint density at radius 2 is 1.09 bits per heavy atom. The number of hydrogen-bond donors (Lipinski definition) is 1. The molecule has 2 fully saturated rings. The minimum atomic E-state index is -1.24. The fraction of sp³-hybridized carbons (Fsp3) is 0.676. The van der Waals surface area contributed by atoms with Gasteiger partial charge in [0.05, 0.1) is 45.7 Å². The van der Waals surface area contributed by atoms with Gasteiger partial charge in [-0.25, -0.2) is 24.2 Å². The number of carbonyl (C=O) groups excluding carboxylic acids is 10. The molecule has 2 heterocycles. The highest BCUT2D eigenvalue weighted by Crippen LogP contribution is 2.16. The second kappa shape index (κ2) is 21.0. The summed E-state index contributed by atoms with van der Waals surface area (Å²) in [7, 11) is 0. The van der Waals surface area contributed by atoms with Crippen LogP contribution in [0.25, 0.3) is 0 Å². The average molecular weight is 769 g/mol. The van der Waals surface area contributed by atoms with E-state index in [9.17, 15) is 47.9 Å². The van der Waals surface area contributed by atoms with E-state index in [0.29, 0.717) is 10.1 Å². The number of nitrogens with one attached hydrogen (secondary N) is 1. The van der Waals surface area contributed by atoms with Gasteiger partial charge in [-0.2, -0.15) is 0 Å². The summed E-state index contributed by atoms with van der Waals surface area (Å²) in [4.78, 5) is 135. The molecule has 0 aromatic heterocycles.